The third-order valence-corrected chi connectivity index (χ3v) is 3.08. The number of anilines is 1. The van der Waals surface area contributed by atoms with Crippen molar-refractivity contribution in [3.8, 4) is 0 Å². The highest BCUT2D eigenvalue weighted by Crippen LogP contribution is 2.08. The van der Waals surface area contributed by atoms with E-state index in [0.29, 0.717) is 18.9 Å². The molecule has 116 valence electrons. The molecule has 0 aliphatic heterocycles. The van der Waals surface area contributed by atoms with E-state index in [1.165, 1.54) is 6.33 Å². The van der Waals surface area contributed by atoms with Crippen LogP contribution in [0.15, 0.2) is 59.6 Å². The fourth-order valence-corrected chi connectivity index (χ4v) is 1.93. The summed E-state index contributed by atoms with van der Waals surface area (Å²) >= 11 is 0. The second-order valence-corrected chi connectivity index (χ2v) is 4.73. The number of amides is 1. The average molecular weight is 309 g/mol. The van der Waals surface area contributed by atoms with E-state index in [1.807, 2.05) is 30.3 Å². The molecular weight excluding hydrogens is 294 g/mol. The van der Waals surface area contributed by atoms with Crippen molar-refractivity contribution in [1.29, 1.82) is 0 Å². The summed E-state index contributed by atoms with van der Waals surface area (Å²) in [6.07, 6.45) is 4.64. The SMILES string of the molecule is O=C(NCc1ccccn1)c1cc(NCc2ccco2)ncn1. The summed E-state index contributed by atoms with van der Waals surface area (Å²) in [5.41, 5.74) is 1.07. The van der Waals surface area contributed by atoms with Gasteiger partial charge >= 0.3 is 0 Å². The number of pyridine rings is 1. The minimum absolute atomic E-state index is 0.279. The second kappa shape index (κ2) is 7.17. The van der Waals surface area contributed by atoms with Gasteiger partial charge in [0.2, 0.25) is 0 Å². The number of nitrogens with zero attached hydrogens (tertiary/aromatic N) is 3. The maximum absolute atomic E-state index is 12.1. The van der Waals surface area contributed by atoms with Gasteiger partial charge in [0.05, 0.1) is 25.0 Å². The lowest BCUT2D eigenvalue weighted by Crippen LogP contribution is -2.24. The molecule has 0 aliphatic carbocycles. The van der Waals surface area contributed by atoms with Gasteiger partial charge in [0.25, 0.3) is 5.91 Å². The zero-order valence-corrected chi connectivity index (χ0v) is 12.3. The Kier molecular flexibility index (Phi) is 4.58. The molecule has 3 aromatic heterocycles. The van der Waals surface area contributed by atoms with E-state index in [-0.39, 0.29) is 11.6 Å². The molecule has 2 N–H and O–H groups in total. The largest absolute Gasteiger partial charge is 0.467 e. The van der Waals surface area contributed by atoms with Crippen molar-refractivity contribution in [2.75, 3.05) is 5.32 Å². The highest BCUT2D eigenvalue weighted by Gasteiger charge is 2.09. The number of carbonyl (C=O) groups excluding carboxylic acids is 1. The van der Waals surface area contributed by atoms with Crippen LogP contribution in [0.4, 0.5) is 5.82 Å². The number of furan rings is 1. The van der Waals surface area contributed by atoms with Crippen LogP contribution in [-0.2, 0) is 13.1 Å². The highest BCUT2D eigenvalue weighted by atomic mass is 16.3. The van der Waals surface area contributed by atoms with Crippen molar-refractivity contribution in [2.45, 2.75) is 13.1 Å². The predicted molar refractivity (Wildman–Crippen MR) is 83.5 cm³/mol. The van der Waals surface area contributed by atoms with Crippen molar-refractivity contribution in [3.63, 3.8) is 0 Å². The Morgan fingerprint density at radius 1 is 1.09 bits per heavy atom. The lowest BCUT2D eigenvalue weighted by atomic mass is 10.3. The molecule has 3 rings (SSSR count). The summed E-state index contributed by atoms with van der Waals surface area (Å²) in [6, 6.07) is 10.8. The van der Waals surface area contributed by atoms with E-state index in [2.05, 4.69) is 25.6 Å². The number of aromatic nitrogens is 3. The molecule has 1 amide bonds. The molecule has 0 fully saturated rings. The molecule has 0 spiro atoms. The maximum Gasteiger partial charge on any atom is 0.270 e. The maximum atomic E-state index is 12.1. The van der Waals surface area contributed by atoms with Crippen molar-refractivity contribution in [2.24, 2.45) is 0 Å². The average Bonchev–Trinajstić information content (AvgIpc) is 3.12. The van der Waals surface area contributed by atoms with Gasteiger partial charge in [0.15, 0.2) is 0 Å². The van der Waals surface area contributed by atoms with Crippen molar-refractivity contribution in [1.82, 2.24) is 20.3 Å². The third kappa shape index (κ3) is 4.13. The van der Waals surface area contributed by atoms with Gasteiger partial charge in [-0.1, -0.05) is 6.07 Å². The normalized spacial score (nSPS) is 10.3. The zero-order chi connectivity index (χ0) is 15.9. The molecule has 0 saturated heterocycles. The predicted octanol–water partition coefficient (Wildman–Crippen LogP) is 2.01. The van der Waals surface area contributed by atoms with Gasteiger partial charge in [-0.2, -0.15) is 0 Å². The van der Waals surface area contributed by atoms with Crippen LogP contribution in [0.25, 0.3) is 0 Å². The van der Waals surface area contributed by atoms with E-state index < -0.39 is 0 Å². The van der Waals surface area contributed by atoms with Gasteiger partial charge in [-0.15, -0.1) is 0 Å². The van der Waals surface area contributed by atoms with Crippen LogP contribution in [0, 0.1) is 0 Å². The van der Waals surface area contributed by atoms with E-state index in [1.54, 1.807) is 18.5 Å². The molecule has 3 aromatic rings. The van der Waals surface area contributed by atoms with E-state index in [4.69, 9.17) is 4.42 Å². The number of hydrogen-bond donors (Lipinski definition) is 2. The molecule has 7 heteroatoms. The first-order valence-corrected chi connectivity index (χ1v) is 7.07. The number of nitrogens with one attached hydrogen (secondary N) is 2. The third-order valence-electron chi connectivity index (χ3n) is 3.08. The molecule has 23 heavy (non-hydrogen) atoms. The smallest absolute Gasteiger partial charge is 0.270 e. The Morgan fingerprint density at radius 2 is 2.04 bits per heavy atom. The lowest BCUT2D eigenvalue weighted by molar-refractivity contribution is 0.0945. The molecule has 7 nitrogen and oxygen atoms in total. The molecule has 3 heterocycles. The molecular formula is C16H15N5O2. The number of hydrogen-bond acceptors (Lipinski definition) is 6. The second-order valence-electron chi connectivity index (χ2n) is 4.73. The topological polar surface area (TPSA) is 92.9 Å². The summed E-state index contributed by atoms with van der Waals surface area (Å²) < 4.78 is 5.23. The van der Waals surface area contributed by atoms with E-state index >= 15 is 0 Å². The summed E-state index contributed by atoms with van der Waals surface area (Å²) in [7, 11) is 0. The monoisotopic (exact) mass is 309 g/mol. The number of carbonyl (C=O) groups is 1. The van der Waals surface area contributed by atoms with Gasteiger partial charge in [0, 0.05) is 12.3 Å². The Morgan fingerprint density at radius 3 is 2.83 bits per heavy atom. The van der Waals surface area contributed by atoms with Gasteiger partial charge in [-0.25, -0.2) is 9.97 Å². The van der Waals surface area contributed by atoms with Crippen molar-refractivity contribution < 1.29 is 9.21 Å². The first-order valence-electron chi connectivity index (χ1n) is 7.07. The Hall–Kier alpha value is -3.22. The minimum Gasteiger partial charge on any atom is -0.467 e. The van der Waals surface area contributed by atoms with Crippen LogP contribution in [0.2, 0.25) is 0 Å². The van der Waals surface area contributed by atoms with Gasteiger partial charge in [-0.3, -0.25) is 9.78 Å². The van der Waals surface area contributed by atoms with Gasteiger partial charge < -0.3 is 15.1 Å². The zero-order valence-electron chi connectivity index (χ0n) is 12.3. The minimum atomic E-state index is -0.279. The van der Waals surface area contributed by atoms with Gasteiger partial charge in [0.1, 0.15) is 23.6 Å². The Balaban J connectivity index is 1.58. The van der Waals surface area contributed by atoms with E-state index in [0.717, 1.165) is 11.5 Å². The summed E-state index contributed by atoms with van der Waals surface area (Å²) in [6.45, 7) is 0.831. The fourth-order valence-electron chi connectivity index (χ4n) is 1.93. The molecule has 0 radical (unpaired) electrons. The summed E-state index contributed by atoms with van der Waals surface area (Å²) in [5, 5.41) is 5.85. The summed E-state index contributed by atoms with van der Waals surface area (Å²) in [4.78, 5) is 24.4. The summed E-state index contributed by atoms with van der Waals surface area (Å²) in [5.74, 6) is 1.06. The van der Waals surface area contributed by atoms with Crippen molar-refractivity contribution in [3.05, 3.63) is 72.3 Å². The van der Waals surface area contributed by atoms with E-state index in [9.17, 15) is 4.79 Å². The molecule has 0 saturated carbocycles. The van der Waals surface area contributed by atoms with Crippen LogP contribution >= 0.6 is 0 Å². The standard InChI is InChI=1S/C16H15N5O2/c22-16(19-9-12-4-1-2-6-17-12)14-8-15(21-11-20-14)18-10-13-5-3-7-23-13/h1-8,11H,9-10H2,(H,19,22)(H,18,20,21). The Bertz CT molecular complexity index is 759. The van der Waals surface area contributed by atoms with Crippen LogP contribution in [0.1, 0.15) is 21.9 Å². The first-order chi connectivity index (χ1) is 11.3. The first kappa shape index (κ1) is 14.7. The van der Waals surface area contributed by atoms with Crippen LogP contribution < -0.4 is 10.6 Å². The molecule has 0 bridgehead atoms. The van der Waals surface area contributed by atoms with Crippen LogP contribution in [-0.4, -0.2) is 20.9 Å². The molecule has 0 unspecified atom stereocenters. The van der Waals surface area contributed by atoms with Crippen LogP contribution in [0.3, 0.4) is 0 Å². The molecule has 0 atom stereocenters. The highest BCUT2D eigenvalue weighted by molar-refractivity contribution is 5.92. The van der Waals surface area contributed by atoms with Gasteiger partial charge in [-0.05, 0) is 24.3 Å². The Labute approximate surface area is 132 Å². The quantitative estimate of drug-likeness (QED) is 0.723. The number of rotatable bonds is 6. The van der Waals surface area contributed by atoms with Crippen LogP contribution in [0.5, 0.6) is 0 Å². The fraction of sp³-hybridized carbons (Fsp3) is 0.125. The van der Waals surface area contributed by atoms with Crippen molar-refractivity contribution >= 4 is 11.7 Å². The molecule has 0 aromatic carbocycles. The lowest BCUT2D eigenvalue weighted by Gasteiger charge is -2.06. The molecule has 0 aliphatic rings.